The number of nitrogens with one attached hydrogen (secondary N) is 1. The lowest BCUT2D eigenvalue weighted by Gasteiger charge is -2.35. The summed E-state index contributed by atoms with van der Waals surface area (Å²) in [5.74, 6) is -0.291. The molecule has 1 aromatic carbocycles. The van der Waals surface area contributed by atoms with Crippen molar-refractivity contribution >= 4 is 33.3 Å². The van der Waals surface area contributed by atoms with Crippen molar-refractivity contribution in [3.05, 3.63) is 59.2 Å². The average molecular weight is 478 g/mol. The summed E-state index contributed by atoms with van der Waals surface area (Å²) >= 11 is 1.64. The zero-order chi connectivity index (χ0) is 23.8. The fourth-order valence-corrected chi connectivity index (χ4v) is 5.50. The molecule has 0 bridgehead atoms. The number of carbonyl (C=O) groups excluding carboxylic acids is 1. The van der Waals surface area contributed by atoms with Crippen LogP contribution in [0.2, 0.25) is 0 Å². The zero-order valence-electron chi connectivity index (χ0n) is 19.7. The molecule has 1 amide bonds. The van der Waals surface area contributed by atoms with Gasteiger partial charge in [0.1, 0.15) is 0 Å². The number of amides is 1. The number of pyridine rings is 1. The molecule has 1 fully saturated rings. The monoisotopic (exact) mass is 477 g/mol. The lowest BCUT2D eigenvalue weighted by molar-refractivity contribution is -0.00523. The SMILES string of the molecule is Cc1cc(-c2sc(N3C[C@@H](C)O[C@@H](C)C3)nc2CNC(=O)c2noc3ccccc23)cc(C)n1. The molecular weight excluding hydrogens is 450 g/mol. The Balaban J connectivity index is 1.46. The van der Waals surface area contributed by atoms with Crippen molar-refractivity contribution in [2.45, 2.75) is 46.4 Å². The average Bonchev–Trinajstić information content (AvgIpc) is 3.41. The summed E-state index contributed by atoms with van der Waals surface area (Å²) in [6.07, 6.45) is 0.259. The number of benzene rings is 1. The Morgan fingerprint density at radius 1 is 1.12 bits per heavy atom. The van der Waals surface area contributed by atoms with Crippen molar-refractivity contribution in [1.82, 2.24) is 20.4 Å². The van der Waals surface area contributed by atoms with Crippen LogP contribution in [0.15, 0.2) is 40.9 Å². The maximum Gasteiger partial charge on any atom is 0.274 e. The summed E-state index contributed by atoms with van der Waals surface area (Å²) in [7, 11) is 0. The van der Waals surface area contributed by atoms with Gasteiger partial charge in [-0.3, -0.25) is 9.78 Å². The first-order valence-corrected chi connectivity index (χ1v) is 12.2. The number of rotatable bonds is 5. The molecule has 3 aromatic heterocycles. The number of carbonyl (C=O) groups is 1. The van der Waals surface area contributed by atoms with E-state index in [9.17, 15) is 4.79 Å². The van der Waals surface area contributed by atoms with Crippen LogP contribution in [0.4, 0.5) is 5.13 Å². The van der Waals surface area contributed by atoms with Gasteiger partial charge < -0.3 is 19.5 Å². The predicted molar refractivity (Wildman–Crippen MR) is 132 cm³/mol. The summed E-state index contributed by atoms with van der Waals surface area (Å²) in [6, 6.07) is 11.5. The van der Waals surface area contributed by atoms with E-state index in [0.29, 0.717) is 11.0 Å². The first-order valence-electron chi connectivity index (χ1n) is 11.4. The molecule has 4 heterocycles. The smallest absolute Gasteiger partial charge is 0.274 e. The van der Waals surface area contributed by atoms with Crippen molar-refractivity contribution in [1.29, 1.82) is 0 Å². The van der Waals surface area contributed by atoms with E-state index in [0.717, 1.165) is 45.7 Å². The van der Waals surface area contributed by atoms with Gasteiger partial charge in [-0.2, -0.15) is 0 Å². The van der Waals surface area contributed by atoms with Crippen LogP contribution in [-0.2, 0) is 11.3 Å². The summed E-state index contributed by atoms with van der Waals surface area (Å²) in [4.78, 5) is 25.7. The molecule has 9 heteroatoms. The van der Waals surface area contributed by atoms with E-state index in [4.69, 9.17) is 14.2 Å². The normalized spacial score (nSPS) is 18.4. The quantitative estimate of drug-likeness (QED) is 0.452. The van der Waals surface area contributed by atoms with Gasteiger partial charge in [0, 0.05) is 24.5 Å². The Morgan fingerprint density at radius 2 is 1.82 bits per heavy atom. The molecule has 4 aromatic rings. The van der Waals surface area contributed by atoms with E-state index in [1.807, 2.05) is 32.0 Å². The minimum atomic E-state index is -0.291. The standard InChI is InChI=1S/C25H27N5O3S/c1-14-9-18(10-15(2)27-14)23-20(28-25(34-23)30-12-16(3)32-17(4)13-30)11-26-24(31)22-19-7-5-6-8-21(19)33-29-22/h5-10,16-17H,11-13H2,1-4H3,(H,26,31)/t16-,17+. The molecule has 0 saturated carbocycles. The third-order valence-corrected chi connectivity index (χ3v) is 6.94. The molecule has 1 aliphatic heterocycles. The molecule has 0 spiro atoms. The molecule has 0 aliphatic carbocycles. The summed E-state index contributed by atoms with van der Waals surface area (Å²) < 4.78 is 11.2. The van der Waals surface area contributed by atoms with Crippen LogP contribution in [0.1, 0.15) is 41.4 Å². The highest BCUT2D eigenvalue weighted by molar-refractivity contribution is 7.19. The summed E-state index contributed by atoms with van der Waals surface area (Å²) in [5.41, 5.74) is 4.63. The third-order valence-electron chi connectivity index (χ3n) is 5.73. The van der Waals surface area contributed by atoms with Crippen molar-refractivity contribution in [3.8, 4) is 10.4 Å². The van der Waals surface area contributed by atoms with Gasteiger partial charge in [0.05, 0.1) is 34.7 Å². The second-order valence-corrected chi connectivity index (χ2v) is 9.76. The van der Waals surface area contributed by atoms with Gasteiger partial charge in [-0.05, 0) is 57.5 Å². The van der Waals surface area contributed by atoms with Crippen LogP contribution >= 0.6 is 11.3 Å². The number of fused-ring (bicyclic) bond motifs is 1. The number of anilines is 1. The Labute approximate surface area is 202 Å². The number of morpholine rings is 1. The number of aromatic nitrogens is 3. The molecule has 5 rings (SSSR count). The first-order chi connectivity index (χ1) is 16.4. The number of ether oxygens (including phenoxy) is 1. The number of aryl methyl sites for hydroxylation is 2. The van der Waals surface area contributed by atoms with Crippen LogP contribution in [0.3, 0.4) is 0 Å². The Kier molecular flexibility index (Phi) is 6.05. The Bertz CT molecular complexity index is 1320. The van der Waals surface area contributed by atoms with E-state index in [2.05, 4.69) is 46.3 Å². The maximum atomic E-state index is 12.9. The second kappa shape index (κ2) is 9.15. The van der Waals surface area contributed by atoms with Gasteiger partial charge in [-0.1, -0.05) is 28.6 Å². The van der Waals surface area contributed by atoms with Crippen LogP contribution in [0.25, 0.3) is 21.4 Å². The largest absolute Gasteiger partial charge is 0.372 e. The highest BCUT2D eigenvalue weighted by atomic mass is 32.1. The Hall–Kier alpha value is -3.30. The van der Waals surface area contributed by atoms with Crippen molar-refractivity contribution in [2.24, 2.45) is 0 Å². The highest BCUT2D eigenvalue weighted by Crippen LogP contribution is 2.36. The lowest BCUT2D eigenvalue weighted by Crippen LogP contribution is -2.45. The lowest BCUT2D eigenvalue weighted by atomic mass is 10.1. The molecule has 0 unspecified atom stereocenters. The first kappa shape index (κ1) is 22.5. The number of hydrogen-bond donors (Lipinski definition) is 1. The van der Waals surface area contributed by atoms with Gasteiger partial charge in [-0.25, -0.2) is 4.98 Å². The predicted octanol–water partition coefficient (Wildman–Crippen LogP) is 4.51. The van der Waals surface area contributed by atoms with Crippen LogP contribution < -0.4 is 10.2 Å². The molecule has 34 heavy (non-hydrogen) atoms. The summed E-state index contributed by atoms with van der Waals surface area (Å²) in [6.45, 7) is 9.97. The van der Waals surface area contributed by atoms with Gasteiger partial charge in [-0.15, -0.1) is 0 Å². The van der Waals surface area contributed by atoms with E-state index in [1.165, 1.54) is 0 Å². The molecule has 1 aliphatic rings. The molecule has 176 valence electrons. The molecule has 1 saturated heterocycles. The number of hydrogen-bond acceptors (Lipinski definition) is 8. The van der Waals surface area contributed by atoms with E-state index >= 15 is 0 Å². The fourth-order valence-electron chi connectivity index (χ4n) is 4.42. The molecular formula is C25H27N5O3S. The number of para-hydroxylation sites is 1. The van der Waals surface area contributed by atoms with Crippen molar-refractivity contribution < 1.29 is 14.1 Å². The van der Waals surface area contributed by atoms with Crippen LogP contribution in [0, 0.1) is 13.8 Å². The third kappa shape index (κ3) is 4.53. The minimum absolute atomic E-state index is 0.130. The van der Waals surface area contributed by atoms with Gasteiger partial charge in [0.2, 0.25) is 0 Å². The van der Waals surface area contributed by atoms with Gasteiger partial charge in [0.25, 0.3) is 5.91 Å². The molecule has 2 atom stereocenters. The van der Waals surface area contributed by atoms with Gasteiger partial charge in [0.15, 0.2) is 16.4 Å². The Morgan fingerprint density at radius 3 is 2.56 bits per heavy atom. The molecule has 0 radical (unpaired) electrons. The zero-order valence-corrected chi connectivity index (χ0v) is 20.5. The van der Waals surface area contributed by atoms with Crippen LogP contribution in [0.5, 0.6) is 0 Å². The topological polar surface area (TPSA) is 93.4 Å². The van der Waals surface area contributed by atoms with E-state index in [1.54, 1.807) is 17.4 Å². The van der Waals surface area contributed by atoms with Crippen molar-refractivity contribution in [2.75, 3.05) is 18.0 Å². The van der Waals surface area contributed by atoms with Gasteiger partial charge >= 0.3 is 0 Å². The maximum absolute atomic E-state index is 12.9. The molecule has 8 nitrogen and oxygen atoms in total. The van der Waals surface area contributed by atoms with E-state index in [-0.39, 0.29) is 30.4 Å². The number of thiazole rings is 1. The molecule has 1 N–H and O–H groups in total. The number of nitrogens with zero attached hydrogens (tertiary/aromatic N) is 4. The van der Waals surface area contributed by atoms with E-state index < -0.39 is 0 Å². The van der Waals surface area contributed by atoms with Crippen LogP contribution in [-0.4, -0.2) is 46.3 Å². The summed E-state index contributed by atoms with van der Waals surface area (Å²) in [5, 5.41) is 8.58. The minimum Gasteiger partial charge on any atom is -0.372 e. The highest BCUT2D eigenvalue weighted by Gasteiger charge is 2.26. The van der Waals surface area contributed by atoms with Crippen molar-refractivity contribution in [3.63, 3.8) is 0 Å². The fraction of sp³-hybridized carbons (Fsp3) is 0.360. The second-order valence-electron chi connectivity index (χ2n) is 8.78.